The smallest absolute Gasteiger partial charge is 0.417 e. The van der Waals surface area contributed by atoms with Crippen LogP contribution >= 0.6 is 0 Å². The number of alkyl halides is 3. The molecule has 1 aromatic carbocycles. The van der Waals surface area contributed by atoms with Crippen LogP contribution in [0.1, 0.15) is 40.5 Å². The molecule has 0 spiro atoms. The summed E-state index contributed by atoms with van der Waals surface area (Å²) in [5.41, 5.74) is 6.14. The predicted molar refractivity (Wildman–Crippen MR) is 110 cm³/mol. The highest BCUT2D eigenvalue weighted by Gasteiger charge is 2.31. The van der Waals surface area contributed by atoms with Crippen molar-refractivity contribution < 1.29 is 27.1 Å². The topological polar surface area (TPSA) is 81.3 Å². The highest BCUT2D eigenvalue weighted by Crippen LogP contribution is 2.37. The number of nitrogens with two attached hydrogens (primary N) is 1. The molecule has 1 amide bonds. The number of anilines is 1. The molecule has 0 radical (unpaired) electrons. The number of benzene rings is 1. The van der Waals surface area contributed by atoms with Gasteiger partial charge in [-0.05, 0) is 24.6 Å². The van der Waals surface area contributed by atoms with Gasteiger partial charge in [0.05, 0.1) is 35.5 Å². The molecule has 2 N–H and O–H groups in total. The van der Waals surface area contributed by atoms with Gasteiger partial charge >= 0.3 is 6.18 Å². The van der Waals surface area contributed by atoms with Gasteiger partial charge in [0.15, 0.2) is 0 Å². The molecule has 1 aliphatic heterocycles. The third kappa shape index (κ3) is 4.04. The minimum absolute atomic E-state index is 0.0586. The number of rotatable bonds is 5. The largest absolute Gasteiger partial charge is 0.492 e. The third-order valence-corrected chi connectivity index (χ3v) is 5.27. The average molecular weight is 448 g/mol. The van der Waals surface area contributed by atoms with Gasteiger partial charge in [-0.1, -0.05) is 6.92 Å². The number of ether oxygens (including phenoxy) is 1. The van der Waals surface area contributed by atoms with Crippen molar-refractivity contribution in [3.8, 4) is 5.75 Å². The number of fused-ring (bicyclic) bond motifs is 3. The van der Waals surface area contributed by atoms with E-state index in [4.69, 9.17) is 10.5 Å². The zero-order valence-corrected chi connectivity index (χ0v) is 17.2. The van der Waals surface area contributed by atoms with Gasteiger partial charge in [-0.2, -0.15) is 13.2 Å². The highest BCUT2D eigenvalue weighted by atomic mass is 19.4. The summed E-state index contributed by atoms with van der Waals surface area (Å²) in [5.74, 6) is -0.609. The molecule has 0 bridgehead atoms. The minimum atomic E-state index is -4.50. The number of carbonyl (C=O) groups is 1. The van der Waals surface area contributed by atoms with Crippen LogP contribution in [-0.2, 0) is 19.1 Å². The number of halogens is 4. The predicted octanol–water partition coefficient (Wildman–Crippen LogP) is 4.36. The third-order valence-electron chi connectivity index (χ3n) is 5.27. The first-order valence-electron chi connectivity index (χ1n) is 10.0. The second-order valence-electron chi connectivity index (χ2n) is 7.52. The number of hydrogen-bond donors (Lipinski definition) is 1. The molecule has 3 aromatic rings. The Morgan fingerprint density at radius 1 is 1.28 bits per heavy atom. The molecular weight excluding hydrogens is 428 g/mol. The Balaban J connectivity index is 1.67. The van der Waals surface area contributed by atoms with Crippen molar-refractivity contribution in [2.45, 2.75) is 32.5 Å². The van der Waals surface area contributed by atoms with E-state index in [0.717, 1.165) is 23.9 Å². The van der Waals surface area contributed by atoms with Crippen molar-refractivity contribution >= 4 is 22.6 Å². The van der Waals surface area contributed by atoms with Gasteiger partial charge in [-0.15, -0.1) is 0 Å². The van der Waals surface area contributed by atoms with Gasteiger partial charge in [0.2, 0.25) is 0 Å². The number of amides is 1. The molecule has 0 saturated heterocycles. The Kier molecular flexibility index (Phi) is 5.62. The maximum absolute atomic E-state index is 14.9. The van der Waals surface area contributed by atoms with Crippen molar-refractivity contribution in [3.05, 3.63) is 58.7 Å². The van der Waals surface area contributed by atoms with Gasteiger partial charge in [0.1, 0.15) is 17.4 Å². The fourth-order valence-corrected chi connectivity index (χ4v) is 3.71. The zero-order chi connectivity index (χ0) is 23.0. The molecule has 0 fully saturated rings. The Bertz CT molecular complexity index is 1180. The number of nitrogen functional groups attached to an aromatic ring is 1. The van der Waals surface area contributed by atoms with Crippen LogP contribution in [0.15, 0.2) is 30.5 Å². The first-order chi connectivity index (χ1) is 15.2. The van der Waals surface area contributed by atoms with E-state index >= 15 is 0 Å². The maximum Gasteiger partial charge on any atom is 0.417 e. The van der Waals surface area contributed by atoms with Gasteiger partial charge in [-0.3, -0.25) is 9.78 Å². The quantitative estimate of drug-likeness (QED) is 0.587. The summed E-state index contributed by atoms with van der Waals surface area (Å²) < 4.78 is 58.8. The molecule has 0 aliphatic carbocycles. The van der Waals surface area contributed by atoms with Crippen molar-refractivity contribution in [1.29, 1.82) is 0 Å². The van der Waals surface area contributed by atoms with E-state index in [9.17, 15) is 22.4 Å². The molecule has 1 aliphatic rings. The molecule has 10 heteroatoms. The lowest BCUT2D eigenvalue weighted by atomic mass is 10.0. The van der Waals surface area contributed by atoms with Crippen LogP contribution in [0.2, 0.25) is 0 Å². The number of aromatic nitrogens is 2. The van der Waals surface area contributed by atoms with Crippen LogP contribution in [0.5, 0.6) is 5.75 Å². The summed E-state index contributed by atoms with van der Waals surface area (Å²) >= 11 is 0. The number of carbonyl (C=O) groups excluding carboxylic acids is 1. The Labute approximate surface area is 181 Å². The Morgan fingerprint density at radius 2 is 2.06 bits per heavy atom. The van der Waals surface area contributed by atoms with E-state index in [1.54, 1.807) is 0 Å². The summed E-state index contributed by atoms with van der Waals surface area (Å²) in [7, 11) is 0. The Morgan fingerprint density at radius 3 is 2.72 bits per heavy atom. The van der Waals surface area contributed by atoms with Gasteiger partial charge in [0.25, 0.3) is 5.91 Å². The standard InChI is InChI=1S/C22H20F4N4O2/c1-2-6-30(11-13-4-3-12(10-28-13)22(24,25)26)21(31)15-8-16-18(9-17(15)23)29-20(27)14-5-7-32-19(14)16/h3-4,8-10H,2,5-7,11H2,1H3,(H2,27,29). The van der Waals surface area contributed by atoms with E-state index in [1.165, 1.54) is 17.0 Å². The van der Waals surface area contributed by atoms with E-state index < -0.39 is 23.5 Å². The van der Waals surface area contributed by atoms with E-state index in [0.29, 0.717) is 30.6 Å². The number of nitrogens with zero attached hydrogens (tertiary/aromatic N) is 3. The van der Waals surface area contributed by atoms with Gasteiger partial charge in [-0.25, -0.2) is 9.37 Å². The van der Waals surface area contributed by atoms with Gasteiger partial charge in [0, 0.05) is 36.2 Å². The summed E-state index contributed by atoms with van der Waals surface area (Å²) in [4.78, 5) is 22.6. The summed E-state index contributed by atoms with van der Waals surface area (Å²) in [6.45, 7) is 2.47. The van der Waals surface area contributed by atoms with E-state index in [1.807, 2.05) is 6.92 Å². The number of pyridine rings is 2. The van der Waals surface area contributed by atoms with Crippen molar-refractivity contribution in [2.24, 2.45) is 0 Å². The molecule has 3 heterocycles. The molecule has 0 atom stereocenters. The normalized spacial score (nSPS) is 13.2. The molecule has 2 aromatic heterocycles. The molecule has 32 heavy (non-hydrogen) atoms. The summed E-state index contributed by atoms with van der Waals surface area (Å²) in [6, 6.07) is 4.65. The van der Waals surface area contributed by atoms with Crippen LogP contribution in [-0.4, -0.2) is 33.9 Å². The first-order valence-corrected chi connectivity index (χ1v) is 10.0. The maximum atomic E-state index is 14.9. The van der Waals surface area contributed by atoms with Gasteiger partial charge < -0.3 is 15.4 Å². The molecule has 6 nitrogen and oxygen atoms in total. The first kappa shape index (κ1) is 21.8. The second-order valence-corrected chi connectivity index (χ2v) is 7.52. The fourth-order valence-electron chi connectivity index (χ4n) is 3.71. The summed E-state index contributed by atoms with van der Waals surface area (Å²) in [6.07, 6.45) is -2.64. The lowest BCUT2D eigenvalue weighted by Crippen LogP contribution is -2.32. The molecule has 4 rings (SSSR count). The van der Waals surface area contributed by atoms with Crippen LogP contribution < -0.4 is 10.5 Å². The SMILES string of the molecule is CCCN(Cc1ccc(C(F)(F)F)cn1)C(=O)c1cc2c3c(c(N)nc2cc1F)CCO3. The average Bonchev–Trinajstić information content (AvgIpc) is 3.23. The molecule has 0 saturated carbocycles. The van der Waals surface area contributed by atoms with Crippen LogP contribution in [0.3, 0.4) is 0 Å². The molecule has 168 valence electrons. The highest BCUT2D eigenvalue weighted by molar-refractivity contribution is 6.00. The van der Waals surface area contributed by atoms with Crippen molar-refractivity contribution in [2.75, 3.05) is 18.9 Å². The Hall–Kier alpha value is -3.43. The minimum Gasteiger partial charge on any atom is -0.492 e. The van der Waals surface area contributed by atoms with Crippen LogP contribution in [0, 0.1) is 5.82 Å². The van der Waals surface area contributed by atoms with Crippen molar-refractivity contribution in [1.82, 2.24) is 14.9 Å². The zero-order valence-electron chi connectivity index (χ0n) is 17.2. The van der Waals surface area contributed by atoms with Crippen LogP contribution in [0.4, 0.5) is 23.4 Å². The lowest BCUT2D eigenvalue weighted by Gasteiger charge is -2.22. The molecular formula is C22H20F4N4O2. The summed E-state index contributed by atoms with van der Waals surface area (Å²) in [5, 5.41) is 0.487. The van der Waals surface area contributed by atoms with E-state index in [2.05, 4.69) is 9.97 Å². The second kappa shape index (κ2) is 8.25. The molecule has 0 unspecified atom stereocenters. The monoisotopic (exact) mass is 448 g/mol. The number of hydrogen-bond acceptors (Lipinski definition) is 5. The lowest BCUT2D eigenvalue weighted by molar-refractivity contribution is -0.137. The fraction of sp³-hybridized carbons (Fsp3) is 0.318. The van der Waals surface area contributed by atoms with Crippen molar-refractivity contribution in [3.63, 3.8) is 0 Å². The van der Waals surface area contributed by atoms with E-state index in [-0.39, 0.29) is 35.7 Å². The van der Waals surface area contributed by atoms with Crippen LogP contribution in [0.25, 0.3) is 10.9 Å².